The molecule has 2 aromatic rings. The van der Waals surface area contributed by atoms with Gasteiger partial charge in [0.15, 0.2) is 0 Å². The average Bonchev–Trinajstić information content (AvgIpc) is 2.53. The Balaban J connectivity index is 2.26. The zero-order valence-electron chi connectivity index (χ0n) is 11.4. The summed E-state index contributed by atoms with van der Waals surface area (Å²) in [4.78, 5) is 10.8. The lowest BCUT2D eigenvalue weighted by molar-refractivity contribution is -0.132. The predicted octanol–water partition coefficient (Wildman–Crippen LogP) is 3.35. The molecular formula is C17H13NO3. The molecule has 2 rings (SSSR count). The highest BCUT2D eigenvalue weighted by molar-refractivity contribution is 5.96. The molecule has 0 amide bonds. The van der Waals surface area contributed by atoms with Gasteiger partial charge in [0.2, 0.25) is 0 Å². The molecule has 0 atom stereocenters. The molecule has 21 heavy (non-hydrogen) atoms. The van der Waals surface area contributed by atoms with Gasteiger partial charge in [-0.2, -0.15) is 5.26 Å². The van der Waals surface area contributed by atoms with E-state index in [0.717, 1.165) is 16.9 Å². The first-order valence-corrected chi connectivity index (χ1v) is 6.23. The number of ether oxygens (including phenoxy) is 1. The number of hydrogen-bond acceptors (Lipinski definition) is 3. The Morgan fingerprint density at radius 1 is 1.10 bits per heavy atom. The number of aliphatic carboxylic acids is 1. The largest absolute Gasteiger partial charge is 0.497 e. The van der Waals surface area contributed by atoms with Crippen LogP contribution in [0, 0.1) is 11.3 Å². The molecule has 0 fully saturated rings. The lowest BCUT2D eigenvalue weighted by Crippen LogP contribution is -1.97. The number of hydrogen-bond donors (Lipinski definition) is 1. The van der Waals surface area contributed by atoms with Gasteiger partial charge in [0.05, 0.1) is 7.11 Å². The number of benzene rings is 2. The van der Waals surface area contributed by atoms with E-state index in [1.807, 2.05) is 36.4 Å². The van der Waals surface area contributed by atoms with Crippen LogP contribution in [0.4, 0.5) is 0 Å². The first kappa shape index (κ1) is 14.4. The van der Waals surface area contributed by atoms with Crippen molar-refractivity contribution in [1.29, 1.82) is 5.26 Å². The number of carboxylic acid groups (broad SMARTS) is 1. The van der Waals surface area contributed by atoms with E-state index in [1.165, 1.54) is 6.08 Å². The molecule has 0 saturated heterocycles. The highest BCUT2D eigenvalue weighted by Gasteiger charge is 2.05. The van der Waals surface area contributed by atoms with E-state index < -0.39 is 5.97 Å². The summed E-state index contributed by atoms with van der Waals surface area (Å²) in [5.74, 6) is -0.435. The number of carbonyl (C=O) groups is 1. The number of nitrogens with zero attached hydrogens (tertiary/aromatic N) is 1. The smallest absolute Gasteiger partial charge is 0.346 e. The molecule has 2 aromatic carbocycles. The Kier molecular flexibility index (Phi) is 4.37. The molecule has 0 aliphatic rings. The van der Waals surface area contributed by atoms with Crippen LogP contribution in [0.15, 0.2) is 54.1 Å². The Bertz CT molecular complexity index is 707. The monoisotopic (exact) mass is 279 g/mol. The van der Waals surface area contributed by atoms with E-state index in [2.05, 4.69) is 0 Å². The van der Waals surface area contributed by atoms with E-state index in [1.54, 1.807) is 25.3 Å². The third-order valence-corrected chi connectivity index (χ3v) is 3.00. The number of rotatable bonds is 4. The summed E-state index contributed by atoms with van der Waals surface area (Å²) in [7, 11) is 1.62. The van der Waals surface area contributed by atoms with Gasteiger partial charge in [-0.25, -0.2) is 4.79 Å². The second-order valence-corrected chi connectivity index (χ2v) is 4.33. The van der Waals surface area contributed by atoms with E-state index in [4.69, 9.17) is 15.1 Å². The summed E-state index contributed by atoms with van der Waals surface area (Å²) in [5, 5.41) is 17.5. The quantitative estimate of drug-likeness (QED) is 0.688. The predicted molar refractivity (Wildman–Crippen MR) is 79.7 cm³/mol. The first-order valence-electron chi connectivity index (χ1n) is 6.23. The molecule has 104 valence electrons. The van der Waals surface area contributed by atoms with E-state index >= 15 is 0 Å². The molecule has 0 aliphatic carbocycles. The van der Waals surface area contributed by atoms with Gasteiger partial charge in [0, 0.05) is 0 Å². The molecule has 0 unspecified atom stereocenters. The Hall–Kier alpha value is -3.06. The van der Waals surface area contributed by atoms with E-state index in [-0.39, 0.29) is 5.57 Å². The second-order valence-electron chi connectivity index (χ2n) is 4.33. The van der Waals surface area contributed by atoms with Crippen molar-refractivity contribution in [2.24, 2.45) is 0 Å². The fourth-order valence-corrected chi connectivity index (χ4v) is 1.86. The Morgan fingerprint density at radius 2 is 1.62 bits per heavy atom. The maximum Gasteiger partial charge on any atom is 0.346 e. The van der Waals surface area contributed by atoms with Gasteiger partial charge >= 0.3 is 5.97 Å². The van der Waals surface area contributed by atoms with Crippen LogP contribution in [0.1, 0.15) is 5.56 Å². The minimum Gasteiger partial charge on any atom is -0.497 e. The Morgan fingerprint density at radius 3 is 2.05 bits per heavy atom. The van der Waals surface area contributed by atoms with Crippen molar-refractivity contribution < 1.29 is 14.6 Å². The van der Waals surface area contributed by atoms with E-state index in [0.29, 0.717) is 5.56 Å². The normalized spacial score (nSPS) is 10.8. The maximum atomic E-state index is 10.8. The molecule has 0 spiro atoms. The van der Waals surface area contributed by atoms with Gasteiger partial charge in [0.1, 0.15) is 17.4 Å². The minimum atomic E-state index is -1.23. The lowest BCUT2D eigenvalue weighted by atomic mass is 10.0. The number of methoxy groups -OCH3 is 1. The summed E-state index contributed by atoms with van der Waals surface area (Å²) < 4.78 is 5.11. The van der Waals surface area contributed by atoms with Gasteiger partial charge in [0.25, 0.3) is 0 Å². The van der Waals surface area contributed by atoms with Crippen molar-refractivity contribution in [3.63, 3.8) is 0 Å². The van der Waals surface area contributed by atoms with Crippen LogP contribution < -0.4 is 4.74 Å². The average molecular weight is 279 g/mol. The Labute approximate surface area is 122 Å². The van der Waals surface area contributed by atoms with Gasteiger partial charge in [-0.05, 0) is 34.9 Å². The topological polar surface area (TPSA) is 70.3 Å². The summed E-state index contributed by atoms with van der Waals surface area (Å²) in [6, 6.07) is 16.6. The van der Waals surface area contributed by atoms with Crippen molar-refractivity contribution >= 4 is 12.0 Å². The van der Waals surface area contributed by atoms with Crippen LogP contribution in [0.25, 0.3) is 17.2 Å². The van der Waals surface area contributed by atoms with E-state index in [9.17, 15) is 4.79 Å². The fourth-order valence-electron chi connectivity index (χ4n) is 1.86. The zero-order chi connectivity index (χ0) is 15.2. The summed E-state index contributed by atoms with van der Waals surface area (Å²) in [5.41, 5.74) is 2.42. The SMILES string of the molecule is COc1ccc(-c2ccc(/C=C(/C#N)C(=O)O)cc2)cc1. The lowest BCUT2D eigenvalue weighted by Gasteiger charge is -2.04. The molecule has 0 bridgehead atoms. The van der Waals surface area contributed by atoms with Crippen LogP contribution >= 0.6 is 0 Å². The van der Waals surface area contributed by atoms with Crippen molar-refractivity contribution in [3.05, 3.63) is 59.7 Å². The maximum absolute atomic E-state index is 10.8. The fraction of sp³-hybridized carbons (Fsp3) is 0.0588. The zero-order valence-corrected chi connectivity index (χ0v) is 11.4. The molecule has 4 heteroatoms. The molecule has 0 heterocycles. The molecule has 4 nitrogen and oxygen atoms in total. The standard InChI is InChI=1S/C17H13NO3/c1-21-16-8-6-14(7-9-16)13-4-2-12(3-5-13)10-15(11-18)17(19)20/h2-10H,1H3,(H,19,20)/b15-10-. The summed E-state index contributed by atoms with van der Waals surface area (Å²) in [6.45, 7) is 0. The van der Waals surface area contributed by atoms with Gasteiger partial charge in [-0.1, -0.05) is 36.4 Å². The van der Waals surface area contributed by atoms with Gasteiger partial charge < -0.3 is 9.84 Å². The van der Waals surface area contributed by atoms with Crippen LogP contribution in [-0.2, 0) is 4.79 Å². The molecular weight excluding hydrogens is 266 g/mol. The van der Waals surface area contributed by atoms with Crippen molar-refractivity contribution in [2.45, 2.75) is 0 Å². The third kappa shape index (κ3) is 3.48. The van der Waals surface area contributed by atoms with Crippen LogP contribution in [0.5, 0.6) is 5.75 Å². The van der Waals surface area contributed by atoms with Crippen molar-refractivity contribution in [3.8, 4) is 22.9 Å². The molecule has 0 radical (unpaired) electrons. The van der Waals surface area contributed by atoms with Crippen molar-refractivity contribution in [1.82, 2.24) is 0 Å². The summed E-state index contributed by atoms with van der Waals surface area (Å²) in [6.07, 6.45) is 1.35. The first-order chi connectivity index (χ1) is 10.1. The molecule has 0 aliphatic heterocycles. The third-order valence-electron chi connectivity index (χ3n) is 3.00. The van der Waals surface area contributed by atoms with Crippen LogP contribution in [0.3, 0.4) is 0 Å². The van der Waals surface area contributed by atoms with Crippen LogP contribution in [0.2, 0.25) is 0 Å². The van der Waals surface area contributed by atoms with Crippen molar-refractivity contribution in [2.75, 3.05) is 7.11 Å². The number of nitriles is 1. The highest BCUT2D eigenvalue weighted by atomic mass is 16.5. The van der Waals surface area contributed by atoms with Gasteiger partial charge in [-0.3, -0.25) is 0 Å². The minimum absolute atomic E-state index is 0.285. The number of carboxylic acids is 1. The highest BCUT2D eigenvalue weighted by Crippen LogP contribution is 2.23. The van der Waals surface area contributed by atoms with Gasteiger partial charge in [-0.15, -0.1) is 0 Å². The van der Waals surface area contributed by atoms with Crippen LogP contribution in [-0.4, -0.2) is 18.2 Å². The molecule has 0 aromatic heterocycles. The second kappa shape index (κ2) is 6.40. The molecule has 1 N–H and O–H groups in total. The summed E-state index contributed by atoms with van der Waals surface area (Å²) >= 11 is 0. The molecule has 0 saturated carbocycles.